The summed E-state index contributed by atoms with van der Waals surface area (Å²) in [5, 5.41) is 2.47. The van der Waals surface area contributed by atoms with Gasteiger partial charge in [-0.1, -0.05) is 170 Å². The summed E-state index contributed by atoms with van der Waals surface area (Å²) in [5.41, 5.74) is 21.2. The molecule has 8 aromatic carbocycles. The van der Waals surface area contributed by atoms with Crippen molar-refractivity contribution in [3.63, 3.8) is 0 Å². The van der Waals surface area contributed by atoms with E-state index in [2.05, 4.69) is 234 Å². The number of fused-ring (bicyclic) bond motifs is 14. The first-order chi connectivity index (χ1) is 30.3. The predicted molar refractivity (Wildman–Crippen MR) is 253 cm³/mol. The highest BCUT2D eigenvalue weighted by Crippen LogP contribution is 2.63. The van der Waals surface area contributed by atoms with Crippen LogP contribution in [0.4, 0.5) is 11.4 Å². The van der Waals surface area contributed by atoms with Crippen molar-refractivity contribution >= 4 is 38.8 Å². The van der Waals surface area contributed by atoms with Crippen molar-refractivity contribution in [3.05, 3.63) is 264 Å². The van der Waals surface area contributed by atoms with E-state index in [1.165, 1.54) is 88.7 Å². The molecule has 0 aliphatic heterocycles. The molecule has 1 aromatic heterocycles. The van der Waals surface area contributed by atoms with Crippen LogP contribution < -0.4 is 4.90 Å². The lowest BCUT2D eigenvalue weighted by atomic mass is 9.70. The Morgan fingerprint density at radius 1 is 0.475 bits per heavy atom. The number of benzene rings is 8. The zero-order valence-electron chi connectivity index (χ0n) is 33.5. The lowest BCUT2D eigenvalue weighted by Gasteiger charge is -2.36. The van der Waals surface area contributed by atoms with Crippen molar-refractivity contribution in [3.8, 4) is 27.9 Å². The summed E-state index contributed by atoms with van der Waals surface area (Å²) in [6, 6.07) is 72.4. The monoisotopic (exact) mass is 776 g/mol. The Labute approximate surface area is 356 Å². The van der Waals surface area contributed by atoms with E-state index < -0.39 is 5.41 Å². The molecule has 2 nitrogen and oxygen atoms in total. The molecule has 0 radical (unpaired) electrons. The fourth-order valence-corrected chi connectivity index (χ4v) is 11.3. The SMILES string of the molecule is C1=CCC2C(=C1)C=CC(N(c1ccc3c(c1)C1(c4ccccc4-c4ccccc41)c1ccccc1-3)c1ccc3c(c1)c1ccccc1n3-c1ccccc1)=C2c1ccccc1. The molecule has 4 aliphatic carbocycles. The van der Waals surface area contributed by atoms with Crippen molar-refractivity contribution in [1.82, 2.24) is 4.57 Å². The van der Waals surface area contributed by atoms with Crippen LogP contribution in [0.3, 0.4) is 0 Å². The van der Waals surface area contributed by atoms with Gasteiger partial charge in [0.1, 0.15) is 0 Å². The van der Waals surface area contributed by atoms with Gasteiger partial charge in [0.2, 0.25) is 0 Å². The van der Waals surface area contributed by atoms with Crippen molar-refractivity contribution < 1.29 is 0 Å². The molecule has 286 valence electrons. The molecular formula is C59H40N2. The third-order valence-electron chi connectivity index (χ3n) is 13.8. The van der Waals surface area contributed by atoms with Gasteiger partial charge in [-0.25, -0.2) is 0 Å². The Balaban J connectivity index is 1.12. The second-order valence-electron chi connectivity index (χ2n) is 16.7. The largest absolute Gasteiger partial charge is 0.310 e. The summed E-state index contributed by atoms with van der Waals surface area (Å²) < 4.78 is 2.41. The average Bonchev–Trinajstić information content (AvgIpc) is 3.94. The number of nitrogens with zero attached hydrogens (tertiary/aromatic N) is 2. The molecule has 0 bridgehead atoms. The Morgan fingerprint density at radius 2 is 1.05 bits per heavy atom. The minimum Gasteiger partial charge on any atom is -0.310 e. The lowest BCUT2D eigenvalue weighted by molar-refractivity contribution is 0.789. The van der Waals surface area contributed by atoms with Crippen LogP contribution in [0.2, 0.25) is 0 Å². The molecule has 1 heterocycles. The summed E-state index contributed by atoms with van der Waals surface area (Å²) in [5.74, 6) is 0.234. The Kier molecular flexibility index (Phi) is 7.38. The van der Waals surface area contributed by atoms with Gasteiger partial charge in [0, 0.05) is 33.8 Å². The van der Waals surface area contributed by atoms with Gasteiger partial charge in [-0.05, 0) is 122 Å². The van der Waals surface area contributed by atoms with E-state index in [9.17, 15) is 0 Å². The second kappa shape index (κ2) is 13.2. The van der Waals surface area contributed by atoms with E-state index in [-0.39, 0.29) is 5.92 Å². The summed E-state index contributed by atoms with van der Waals surface area (Å²) >= 11 is 0. The minimum atomic E-state index is -0.447. The van der Waals surface area contributed by atoms with Crippen LogP contribution in [0.15, 0.2) is 236 Å². The number of hydrogen-bond acceptors (Lipinski definition) is 1. The van der Waals surface area contributed by atoms with Gasteiger partial charge in [-0.2, -0.15) is 0 Å². The Hall–Kier alpha value is -7.68. The van der Waals surface area contributed by atoms with Crippen LogP contribution in [-0.2, 0) is 5.41 Å². The van der Waals surface area contributed by atoms with E-state index in [1.54, 1.807) is 0 Å². The Morgan fingerprint density at radius 3 is 1.77 bits per heavy atom. The molecule has 13 rings (SSSR count). The highest BCUT2D eigenvalue weighted by molar-refractivity contribution is 6.11. The molecule has 1 atom stereocenters. The molecule has 1 unspecified atom stereocenters. The van der Waals surface area contributed by atoms with Gasteiger partial charge in [-0.15, -0.1) is 0 Å². The van der Waals surface area contributed by atoms with E-state index in [0.717, 1.165) is 23.5 Å². The quantitative estimate of drug-likeness (QED) is 0.169. The summed E-state index contributed by atoms with van der Waals surface area (Å²) in [4.78, 5) is 2.56. The first-order valence-corrected chi connectivity index (χ1v) is 21.5. The number of aromatic nitrogens is 1. The predicted octanol–water partition coefficient (Wildman–Crippen LogP) is 14.7. The average molecular weight is 777 g/mol. The maximum absolute atomic E-state index is 2.56. The molecule has 0 N–H and O–H groups in total. The van der Waals surface area contributed by atoms with Gasteiger partial charge in [0.25, 0.3) is 0 Å². The molecule has 0 amide bonds. The number of anilines is 2. The zero-order valence-corrected chi connectivity index (χ0v) is 33.5. The van der Waals surface area contributed by atoms with Gasteiger partial charge in [-0.3, -0.25) is 0 Å². The third-order valence-corrected chi connectivity index (χ3v) is 13.8. The molecule has 9 aromatic rings. The maximum Gasteiger partial charge on any atom is 0.0726 e. The fourth-order valence-electron chi connectivity index (χ4n) is 11.3. The molecular weight excluding hydrogens is 737 g/mol. The normalized spacial score (nSPS) is 16.3. The third kappa shape index (κ3) is 4.79. The number of para-hydroxylation sites is 2. The van der Waals surface area contributed by atoms with Crippen LogP contribution in [-0.4, -0.2) is 4.57 Å². The first-order valence-electron chi connectivity index (χ1n) is 21.5. The zero-order chi connectivity index (χ0) is 40.1. The van der Waals surface area contributed by atoms with Gasteiger partial charge < -0.3 is 9.47 Å². The summed E-state index contributed by atoms with van der Waals surface area (Å²) in [6.45, 7) is 0. The Bertz CT molecular complexity index is 3330. The smallest absolute Gasteiger partial charge is 0.0726 e. The molecule has 4 aliphatic rings. The molecule has 0 saturated heterocycles. The molecule has 0 saturated carbocycles. The van der Waals surface area contributed by atoms with Crippen LogP contribution >= 0.6 is 0 Å². The lowest BCUT2D eigenvalue weighted by Crippen LogP contribution is -2.27. The number of allylic oxidation sites excluding steroid dienone is 7. The highest BCUT2D eigenvalue weighted by atomic mass is 15.2. The molecule has 0 fully saturated rings. The second-order valence-corrected chi connectivity index (χ2v) is 16.7. The molecule has 61 heavy (non-hydrogen) atoms. The van der Waals surface area contributed by atoms with Gasteiger partial charge in [0.05, 0.1) is 22.1 Å². The van der Waals surface area contributed by atoms with Gasteiger partial charge >= 0.3 is 0 Å². The summed E-state index contributed by atoms with van der Waals surface area (Å²) in [6.07, 6.45) is 12.5. The van der Waals surface area contributed by atoms with Crippen LogP contribution in [0.5, 0.6) is 0 Å². The number of rotatable bonds is 5. The minimum absolute atomic E-state index is 0.234. The van der Waals surface area contributed by atoms with Crippen molar-refractivity contribution in [2.24, 2.45) is 5.92 Å². The molecule has 2 heteroatoms. The summed E-state index contributed by atoms with van der Waals surface area (Å²) in [7, 11) is 0. The first kappa shape index (κ1) is 34.2. The van der Waals surface area contributed by atoms with E-state index in [0.29, 0.717) is 0 Å². The van der Waals surface area contributed by atoms with Gasteiger partial charge in [0.15, 0.2) is 0 Å². The van der Waals surface area contributed by atoms with Crippen LogP contribution in [0, 0.1) is 5.92 Å². The highest BCUT2D eigenvalue weighted by Gasteiger charge is 2.51. The van der Waals surface area contributed by atoms with E-state index in [4.69, 9.17) is 0 Å². The van der Waals surface area contributed by atoms with Crippen LogP contribution in [0.25, 0.3) is 55.3 Å². The van der Waals surface area contributed by atoms with E-state index in [1.807, 2.05) is 0 Å². The fraction of sp³-hybridized carbons (Fsp3) is 0.0508. The van der Waals surface area contributed by atoms with Crippen molar-refractivity contribution in [2.45, 2.75) is 11.8 Å². The van der Waals surface area contributed by atoms with Crippen molar-refractivity contribution in [2.75, 3.05) is 4.90 Å². The van der Waals surface area contributed by atoms with E-state index >= 15 is 0 Å². The number of hydrogen-bond donors (Lipinski definition) is 0. The van der Waals surface area contributed by atoms with Crippen LogP contribution in [0.1, 0.15) is 34.2 Å². The standard InChI is InChI=1S/C59H40N2/c1-3-18-40(19-4-1)58-44-22-8-7-17-39(44)31-35-57(58)60(42-33-36-56-50(37-42)49-26-12-16-30-55(49)61(56)41-20-5-2-6-21-41)43-32-34-48-47-25-11-15-29-53(47)59(54(48)38-43)51-27-13-9-23-45(51)46-24-10-14-28-52(46)59/h1-21,23-38,44H,22H2. The topological polar surface area (TPSA) is 8.17 Å². The molecule has 1 spiro atoms. The van der Waals surface area contributed by atoms with Crippen molar-refractivity contribution in [1.29, 1.82) is 0 Å². The maximum atomic E-state index is 2.56.